The van der Waals surface area contributed by atoms with E-state index in [1.165, 1.54) is 0 Å². The summed E-state index contributed by atoms with van der Waals surface area (Å²) >= 11 is 0. The first-order chi connectivity index (χ1) is 13.1. The van der Waals surface area contributed by atoms with Crippen LogP contribution in [0.5, 0.6) is 0 Å². The predicted molar refractivity (Wildman–Crippen MR) is 99.0 cm³/mol. The Labute approximate surface area is 154 Å². The van der Waals surface area contributed by atoms with Crippen LogP contribution < -0.4 is 10.2 Å². The first-order valence-electron chi connectivity index (χ1n) is 8.84. The Bertz CT molecular complexity index is 1090. The van der Waals surface area contributed by atoms with E-state index in [2.05, 4.69) is 10.5 Å². The van der Waals surface area contributed by atoms with Crippen LogP contribution in [0.4, 0.5) is 16.2 Å². The van der Waals surface area contributed by atoms with Crippen molar-refractivity contribution in [1.29, 1.82) is 0 Å². The van der Waals surface area contributed by atoms with Gasteiger partial charge < -0.3 is 14.6 Å². The standard InChI is InChI=1S/C20H17N3O4/c1-11-15-8-12(2-5-18(15)27-22-11)16-10-19(24)21-17-9-13(3-4-14(16)17)23-6-7-26-20(23)25/h2-5,8-9,16H,6-7,10H2,1H3,(H,21,24). The lowest BCUT2D eigenvalue weighted by Crippen LogP contribution is -2.26. The number of cyclic esters (lactones) is 1. The fourth-order valence-electron chi connectivity index (χ4n) is 3.84. The second kappa shape index (κ2) is 5.84. The summed E-state index contributed by atoms with van der Waals surface area (Å²) in [7, 11) is 0. The van der Waals surface area contributed by atoms with Crippen LogP contribution in [-0.4, -0.2) is 30.3 Å². The number of hydrogen-bond acceptors (Lipinski definition) is 5. The third-order valence-electron chi connectivity index (χ3n) is 5.23. The highest BCUT2D eigenvalue weighted by Gasteiger charge is 2.29. The van der Waals surface area contributed by atoms with Crippen LogP contribution in [0.25, 0.3) is 11.0 Å². The number of aryl methyl sites for hydroxylation is 1. The molecule has 0 radical (unpaired) electrons. The van der Waals surface area contributed by atoms with Crippen molar-refractivity contribution < 1.29 is 18.8 Å². The molecule has 136 valence electrons. The van der Waals surface area contributed by atoms with Gasteiger partial charge in [-0.15, -0.1) is 0 Å². The summed E-state index contributed by atoms with van der Waals surface area (Å²) in [6.07, 6.45) is 0.00974. The van der Waals surface area contributed by atoms with Gasteiger partial charge in [-0.25, -0.2) is 4.79 Å². The maximum Gasteiger partial charge on any atom is 0.414 e. The Morgan fingerprint density at radius 1 is 1.19 bits per heavy atom. The number of benzene rings is 2. The number of hydrogen-bond donors (Lipinski definition) is 1. The highest BCUT2D eigenvalue weighted by atomic mass is 16.6. The minimum Gasteiger partial charge on any atom is -0.447 e. The van der Waals surface area contributed by atoms with Crippen LogP contribution in [0.1, 0.15) is 29.2 Å². The van der Waals surface area contributed by atoms with Crippen LogP contribution >= 0.6 is 0 Å². The highest BCUT2D eigenvalue weighted by Crippen LogP contribution is 2.40. The van der Waals surface area contributed by atoms with Gasteiger partial charge in [0.25, 0.3) is 0 Å². The van der Waals surface area contributed by atoms with Crippen LogP contribution in [0.15, 0.2) is 40.9 Å². The third-order valence-corrected chi connectivity index (χ3v) is 5.23. The van der Waals surface area contributed by atoms with E-state index in [-0.39, 0.29) is 17.9 Å². The van der Waals surface area contributed by atoms with E-state index in [9.17, 15) is 9.59 Å². The van der Waals surface area contributed by atoms with Crippen LogP contribution in [0.2, 0.25) is 0 Å². The van der Waals surface area contributed by atoms with Gasteiger partial charge in [0.05, 0.1) is 12.2 Å². The maximum absolute atomic E-state index is 12.3. The van der Waals surface area contributed by atoms with Crippen molar-refractivity contribution >= 4 is 34.3 Å². The van der Waals surface area contributed by atoms with Gasteiger partial charge in [-0.2, -0.15) is 0 Å². The van der Waals surface area contributed by atoms with Gasteiger partial charge in [0, 0.05) is 29.1 Å². The fourth-order valence-corrected chi connectivity index (χ4v) is 3.84. The molecule has 3 aromatic rings. The number of aromatic nitrogens is 1. The summed E-state index contributed by atoms with van der Waals surface area (Å²) in [5, 5.41) is 7.89. The average molecular weight is 363 g/mol. The molecule has 2 amide bonds. The van der Waals surface area contributed by atoms with Crippen molar-refractivity contribution in [2.24, 2.45) is 0 Å². The lowest BCUT2D eigenvalue weighted by molar-refractivity contribution is -0.116. The number of carbonyl (C=O) groups excluding carboxylic acids is 2. The molecule has 2 aromatic carbocycles. The van der Waals surface area contributed by atoms with Crippen molar-refractivity contribution in [3.05, 3.63) is 53.2 Å². The van der Waals surface area contributed by atoms with Gasteiger partial charge >= 0.3 is 6.09 Å². The summed E-state index contributed by atoms with van der Waals surface area (Å²) in [4.78, 5) is 25.7. The molecule has 0 bridgehead atoms. The number of nitrogens with zero attached hydrogens (tertiary/aromatic N) is 2. The summed E-state index contributed by atoms with van der Waals surface area (Å²) < 4.78 is 10.3. The Balaban J connectivity index is 1.58. The van der Waals surface area contributed by atoms with E-state index in [1.807, 2.05) is 43.3 Å². The second-order valence-corrected chi connectivity index (χ2v) is 6.87. The number of nitrogens with one attached hydrogen (secondary N) is 1. The van der Waals surface area contributed by atoms with Gasteiger partial charge in [0.1, 0.15) is 6.61 Å². The zero-order valence-corrected chi connectivity index (χ0v) is 14.7. The minimum atomic E-state index is -0.359. The van der Waals surface area contributed by atoms with Crippen LogP contribution in [0.3, 0.4) is 0 Å². The first kappa shape index (κ1) is 15.9. The Kier molecular flexibility index (Phi) is 3.43. The SMILES string of the molecule is Cc1noc2ccc(C3CC(=O)Nc4cc(N5CCOC5=O)ccc43)cc12. The third kappa shape index (κ3) is 2.54. The Morgan fingerprint density at radius 3 is 2.89 bits per heavy atom. The molecule has 7 heteroatoms. The zero-order valence-electron chi connectivity index (χ0n) is 14.7. The number of fused-ring (bicyclic) bond motifs is 2. The summed E-state index contributed by atoms with van der Waals surface area (Å²) in [5.41, 5.74) is 5.09. The molecule has 0 saturated carbocycles. The van der Waals surface area contributed by atoms with Crippen molar-refractivity contribution in [3.8, 4) is 0 Å². The molecule has 1 fully saturated rings. The number of rotatable bonds is 2. The Hall–Kier alpha value is -3.35. The zero-order chi connectivity index (χ0) is 18.5. The minimum absolute atomic E-state index is 0.0456. The molecule has 1 N–H and O–H groups in total. The topological polar surface area (TPSA) is 84.7 Å². The molecular weight excluding hydrogens is 346 g/mol. The summed E-state index contributed by atoms with van der Waals surface area (Å²) in [6, 6.07) is 11.6. The monoisotopic (exact) mass is 363 g/mol. The van der Waals surface area contributed by atoms with Crippen LogP contribution in [-0.2, 0) is 9.53 Å². The molecule has 3 heterocycles. The van der Waals surface area contributed by atoms with Crippen molar-refractivity contribution in [2.45, 2.75) is 19.3 Å². The van der Waals surface area contributed by atoms with E-state index >= 15 is 0 Å². The lowest BCUT2D eigenvalue weighted by atomic mass is 9.84. The molecule has 0 spiro atoms. The van der Waals surface area contributed by atoms with Crippen molar-refractivity contribution in [1.82, 2.24) is 5.16 Å². The van der Waals surface area contributed by atoms with Crippen LogP contribution in [0, 0.1) is 6.92 Å². The van der Waals surface area contributed by atoms with Crippen molar-refractivity contribution in [2.75, 3.05) is 23.4 Å². The van der Waals surface area contributed by atoms with E-state index in [4.69, 9.17) is 9.26 Å². The van der Waals surface area contributed by atoms with E-state index in [0.29, 0.717) is 19.6 Å². The molecule has 1 aromatic heterocycles. The summed E-state index contributed by atoms with van der Waals surface area (Å²) in [5.74, 6) is -0.109. The molecule has 2 aliphatic heterocycles. The van der Waals surface area contributed by atoms with Gasteiger partial charge in [0.2, 0.25) is 5.91 Å². The average Bonchev–Trinajstić information content (AvgIpc) is 3.26. The summed E-state index contributed by atoms with van der Waals surface area (Å²) in [6.45, 7) is 2.79. The van der Waals surface area contributed by atoms with Gasteiger partial charge in [-0.1, -0.05) is 17.3 Å². The molecule has 5 rings (SSSR count). The molecule has 7 nitrogen and oxygen atoms in total. The number of amides is 2. The van der Waals surface area contributed by atoms with E-state index in [1.54, 1.807) is 4.90 Å². The second-order valence-electron chi connectivity index (χ2n) is 6.87. The normalized spacial score (nSPS) is 19.1. The quantitative estimate of drug-likeness (QED) is 0.752. The van der Waals surface area contributed by atoms with Gasteiger partial charge in [0.15, 0.2) is 5.58 Å². The maximum atomic E-state index is 12.3. The molecule has 27 heavy (non-hydrogen) atoms. The lowest BCUT2D eigenvalue weighted by Gasteiger charge is -2.27. The largest absolute Gasteiger partial charge is 0.447 e. The molecule has 0 aliphatic carbocycles. The molecule has 1 unspecified atom stereocenters. The molecular formula is C20H17N3O4. The first-order valence-corrected chi connectivity index (χ1v) is 8.84. The number of ether oxygens (including phenoxy) is 1. The highest BCUT2D eigenvalue weighted by molar-refractivity contribution is 5.97. The van der Waals surface area contributed by atoms with Crippen molar-refractivity contribution in [3.63, 3.8) is 0 Å². The van der Waals surface area contributed by atoms with E-state index < -0.39 is 0 Å². The number of carbonyl (C=O) groups is 2. The van der Waals surface area contributed by atoms with Gasteiger partial charge in [-0.3, -0.25) is 9.69 Å². The fraction of sp³-hybridized carbons (Fsp3) is 0.250. The molecule has 2 aliphatic rings. The van der Waals surface area contributed by atoms with E-state index in [0.717, 1.165) is 39.2 Å². The van der Waals surface area contributed by atoms with Gasteiger partial charge in [-0.05, 0) is 42.3 Å². The molecule has 1 saturated heterocycles. The smallest absolute Gasteiger partial charge is 0.414 e. The molecule has 1 atom stereocenters. The Morgan fingerprint density at radius 2 is 2.07 bits per heavy atom. The predicted octanol–water partition coefficient (Wildman–Crippen LogP) is 3.57. The number of anilines is 2.